The molecule has 0 spiro atoms. The van der Waals surface area contributed by atoms with Crippen LogP contribution in [-0.4, -0.2) is 60.2 Å². The SMILES string of the molecule is COc1cc(C(=O)N2CCOCC2)ccc1-c1cnc2[nH]ccc2c1NC1CCCC1. The van der Waals surface area contributed by atoms with Gasteiger partial charge >= 0.3 is 0 Å². The minimum absolute atomic E-state index is 0.0108. The van der Waals surface area contributed by atoms with Gasteiger partial charge in [0.25, 0.3) is 5.91 Å². The maximum Gasteiger partial charge on any atom is 0.254 e. The molecule has 3 heterocycles. The van der Waals surface area contributed by atoms with Crippen LogP contribution in [0.2, 0.25) is 0 Å². The summed E-state index contributed by atoms with van der Waals surface area (Å²) in [6.45, 7) is 2.40. The number of aromatic nitrogens is 2. The van der Waals surface area contributed by atoms with Gasteiger partial charge in [0.15, 0.2) is 0 Å². The average molecular weight is 421 g/mol. The molecule has 3 aromatic rings. The number of fused-ring (bicyclic) bond motifs is 1. The van der Waals surface area contributed by atoms with Crippen molar-refractivity contribution in [3.63, 3.8) is 0 Å². The summed E-state index contributed by atoms with van der Waals surface area (Å²) >= 11 is 0. The summed E-state index contributed by atoms with van der Waals surface area (Å²) < 4.78 is 11.1. The first kappa shape index (κ1) is 19.9. The number of nitrogens with zero attached hydrogens (tertiary/aromatic N) is 2. The van der Waals surface area contributed by atoms with Gasteiger partial charge in [-0.15, -0.1) is 0 Å². The zero-order chi connectivity index (χ0) is 21.2. The Hall–Kier alpha value is -3.06. The van der Waals surface area contributed by atoms with Gasteiger partial charge in [0, 0.05) is 53.6 Å². The highest BCUT2D eigenvalue weighted by Gasteiger charge is 2.23. The minimum Gasteiger partial charge on any atom is -0.496 e. The summed E-state index contributed by atoms with van der Waals surface area (Å²) in [6, 6.07) is 8.23. The van der Waals surface area contributed by atoms with E-state index in [4.69, 9.17) is 9.47 Å². The molecule has 2 N–H and O–H groups in total. The van der Waals surface area contributed by atoms with E-state index in [1.807, 2.05) is 35.5 Å². The van der Waals surface area contributed by atoms with Crippen molar-refractivity contribution in [2.75, 3.05) is 38.7 Å². The van der Waals surface area contributed by atoms with E-state index in [0.717, 1.165) is 27.8 Å². The van der Waals surface area contributed by atoms with E-state index < -0.39 is 0 Å². The molecule has 1 saturated carbocycles. The van der Waals surface area contributed by atoms with Gasteiger partial charge in [-0.2, -0.15) is 0 Å². The number of rotatable bonds is 5. The van der Waals surface area contributed by atoms with E-state index in [2.05, 4.69) is 21.4 Å². The zero-order valence-electron chi connectivity index (χ0n) is 17.8. The van der Waals surface area contributed by atoms with Crippen LogP contribution in [0.3, 0.4) is 0 Å². The Balaban J connectivity index is 1.54. The molecule has 7 heteroatoms. The van der Waals surface area contributed by atoms with Gasteiger partial charge in [0.2, 0.25) is 0 Å². The number of carbonyl (C=O) groups excluding carboxylic acids is 1. The lowest BCUT2D eigenvalue weighted by Gasteiger charge is -2.27. The highest BCUT2D eigenvalue weighted by Crippen LogP contribution is 2.40. The van der Waals surface area contributed by atoms with Gasteiger partial charge < -0.3 is 24.7 Å². The lowest BCUT2D eigenvalue weighted by atomic mass is 10.00. The third-order valence-electron chi connectivity index (χ3n) is 6.33. The number of aromatic amines is 1. The third-order valence-corrected chi connectivity index (χ3v) is 6.33. The third kappa shape index (κ3) is 3.85. The summed E-state index contributed by atoms with van der Waals surface area (Å²) in [7, 11) is 1.65. The van der Waals surface area contributed by atoms with Crippen molar-refractivity contribution in [2.24, 2.45) is 0 Å². The predicted molar refractivity (Wildman–Crippen MR) is 121 cm³/mol. The molecule has 0 atom stereocenters. The normalized spacial score (nSPS) is 17.3. The molecular formula is C24H28N4O3. The number of benzene rings is 1. The van der Waals surface area contributed by atoms with Crippen molar-refractivity contribution >= 4 is 22.6 Å². The molecule has 0 radical (unpaired) electrons. The van der Waals surface area contributed by atoms with Crippen LogP contribution in [0.15, 0.2) is 36.7 Å². The maximum absolute atomic E-state index is 12.9. The fraction of sp³-hybridized carbons (Fsp3) is 0.417. The molecule has 2 fully saturated rings. The summed E-state index contributed by atoms with van der Waals surface area (Å²) in [5.41, 5.74) is 4.48. The van der Waals surface area contributed by atoms with Crippen molar-refractivity contribution in [2.45, 2.75) is 31.7 Å². The van der Waals surface area contributed by atoms with E-state index in [1.165, 1.54) is 25.7 Å². The van der Waals surface area contributed by atoms with Crippen LogP contribution in [0.5, 0.6) is 5.75 Å². The van der Waals surface area contributed by atoms with Crippen molar-refractivity contribution in [3.05, 3.63) is 42.2 Å². The monoisotopic (exact) mass is 420 g/mol. The Morgan fingerprint density at radius 2 is 2.00 bits per heavy atom. The number of methoxy groups -OCH3 is 1. The average Bonchev–Trinajstić information content (AvgIpc) is 3.51. The van der Waals surface area contributed by atoms with Crippen molar-refractivity contribution in [3.8, 4) is 16.9 Å². The highest BCUT2D eigenvalue weighted by atomic mass is 16.5. The second-order valence-corrected chi connectivity index (χ2v) is 8.23. The quantitative estimate of drug-likeness (QED) is 0.651. The number of hydrogen-bond donors (Lipinski definition) is 2. The fourth-order valence-electron chi connectivity index (χ4n) is 4.64. The number of nitrogens with one attached hydrogen (secondary N) is 2. The Morgan fingerprint density at radius 1 is 1.19 bits per heavy atom. The fourth-order valence-corrected chi connectivity index (χ4v) is 4.64. The summed E-state index contributed by atoms with van der Waals surface area (Å²) in [5, 5.41) is 4.84. The summed E-state index contributed by atoms with van der Waals surface area (Å²) in [6.07, 6.45) is 8.68. The highest BCUT2D eigenvalue weighted by molar-refractivity contribution is 6.00. The van der Waals surface area contributed by atoms with Crippen molar-refractivity contribution < 1.29 is 14.3 Å². The Bertz CT molecular complexity index is 1080. The van der Waals surface area contributed by atoms with Gasteiger partial charge in [0.05, 0.1) is 26.0 Å². The second-order valence-electron chi connectivity index (χ2n) is 8.23. The number of H-pyrrole nitrogens is 1. The molecule has 7 nitrogen and oxygen atoms in total. The number of pyridine rings is 1. The number of hydrogen-bond acceptors (Lipinski definition) is 5. The van der Waals surface area contributed by atoms with Crippen LogP contribution in [0.25, 0.3) is 22.2 Å². The Labute approximate surface area is 181 Å². The van der Waals surface area contributed by atoms with Crippen molar-refractivity contribution in [1.82, 2.24) is 14.9 Å². The van der Waals surface area contributed by atoms with Crippen LogP contribution in [0.1, 0.15) is 36.0 Å². The van der Waals surface area contributed by atoms with Gasteiger partial charge in [-0.3, -0.25) is 4.79 Å². The Kier molecular flexibility index (Phi) is 5.51. The molecule has 1 saturated heterocycles. The first-order valence-electron chi connectivity index (χ1n) is 11.0. The molecule has 1 amide bonds. The maximum atomic E-state index is 12.9. The van der Waals surface area contributed by atoms with Crippen molar-refractivity contribution in [1.29, 1.82) is 0 Å². The lowest BCUT2D eigenvalue weighted by molar-refractivity contribution is 0.0302. The molecule has 31 heavy (non-hydrogen) atoms. The zero-order valence-corrected chi connectivity index (χ0v) is 17.8. The minimum atomic E-state index is 0.0108. The van der Waals surface area contributed by atoms with Crippen LogP contribution >= 0.6 is 0 Å². The number of ether oxygens (including phenoxy) is 2. The molecule has 1 aromatic carbocycles. The molecule has 2 aromatic heterocycles. The topological polar surface area (TPSA) is 79.5 Å². The lowest BCUT2D eigenvalue weighted by Crippen LogP contribution is -2.40. The van der Waals surface area contributed by atoms with Gasteiger partial charge in [-0.05, 0) is 37.1 Å². The van der Waals surface area contributed by atoms with Gasteiger partial charge in [0.1, 0.15) is 11.4 Å². The van der Waals surface area contributed by atoms with E-state index in [-0.39, 0.29) is 5.91 Å². The Morgan fingerprint density at radius 3 is 2.77 bits per heavy atom. The van der Waals surface area contributed by atoms with E-state index in [9.17, 15) is 4.79 Å². The number of anilines is 1. The standard InChI is InChI=1S/C24H28N4O3/c1-30-21-14-16(24(29)28-10-12-31-13-11-28)6-7-18(21)20-15-26-23-19(8-9-25-23)22(20)27-17-4-2-3-5-17/h6-9,14-15,17H,2-5,10-13H2,1H3,(H2,25,26,27). The van der Waals surface area contributed by atoms with E-state index in [0.29, 0.717) is 43.7 Å². The van der Waals surface area contributed by atoms with Gasteiger partial charge in [-0.25, -0.2) is 4.98 Å². The molecule has 2 aliphatic rings. The molecular weight excluding hydrogens is 392 g/mol. The van der Waals surface area contributed by atoms with E-state index in [1.54, 1.807) is 7.11 Å². The molecule has 1 aliphatic heterocycles. The second kappa shape index (κ2) is 8.59. The molecule has 0 bridgehead atoms. The van der Waals surface area contributed by atoms with Crippen LogP contribution in [0, 0.1) is 0 Å². The van der Waals surface area contributed by atoms with Gasteiger partial charge in [-0.1, -0.05) is 12.8 Å². The molecule has 0 unspecified atom stereocenters. The number of amides is 1. The van der Waals surface area contributed by atoms with E-state index >= 15 is 0 Å². The number of carbonyl (C=O) groups is 1. The first-order chi connectivity index (χ1) is 15.2. The molecule has 1 aliphatic carbocycles. The van der Waals surface area contributed by atoms with Crippen LogP contribution < -0.4 is 10.1 Å². The van der Waals surface area contributed by atoms with Crippen LogP contribution in [0.4, 0.5) is 5.69 Å². The first-order valence-corrected chi connectivity index (χ1v) is 11.0. The largest absolute Gasteiger partial charge is 0.496 e. The smallest absolute Gasteiger partial charge is 0.254 e. The predicted octanol–water partition coefficient (Wildman–Crippen LogP) is 4.07. The van der Waals surface area contributed by atoms with Crippen LogP contribution in [-0.2, 0) is 4.74 Å². The number of morpholine rings is 1. The summed E-state index contributed by atoms with van der Waals surface area (Å²) in [4.78, 5) is 22.6. The molecule has 162 valence electrons. The summed E-state index contributed by atoms with van der Waals surface area (Å²) in [5.74, 6) is 0.682. The molecule has 5 rings (SSSR count).